The van der Waals surface area contributed by atoms with Crippen molar-refractivity contribution in [3.05, 3.63) is 59.5 Å². The van der Waals surface area contributed by atoms with Crippen LogP contribution in [0.25, 0.3) is 17.5 Å². The summed E-state index contributed by atoms with van der Waals surface area (Å²) >= 11 is 0. The molecule has 2 heterocycles. The number of hydrogen-bond acceptors (Lipinski definition) is 8. The first-order chi connectivity index (χ1) is 14.2. The van der Waals surface area contributed by atoms with Crippen molar-refractivity contribution >= 4 is 12.0 Å². The minimum absolute atomic E-state index is 0.141. The second-order valence-corrected chi connectivity index (χ2v) is 6.15. The summed E-state index contributed by atoms with van der Waals surface area (Å²) in [5.74, 6) is 1.92. The van der Waals surface area contributed by atoms with Crippen LogP contribution >= 0.6 is 0 Å². The third-order valence-electron chi connectivity index (χ3n) is 4.33. The highest BCUT2D eigenvalue weighted by molar-refractivity contribution is 5.95. The fraction of sp³-hybridized carbons (Fsp3) is 0.190. The smallest absolute Gasteiger partial charge is 0.338 e. The summed E-state index contributed by atoms with van der Waals surface area (Å²) in [5.41, 5.74) is 1.94. The number of methoxy groups -OCH3 is 2. The summed E-state index contributed by atoms with van der Waals surface area (Å²) in [5, 5.41) is 3.92. The number of carbonyl (C=O) groups excluding carboxylic acids is 1. The van der Waals surface area contributed by atoms with Crippen molar-refractivity contribution in [1.29, 1.82) is 0 Å². The Morgan fingerprint density at radius 1 is 1.10 bits per heavy atom. The van der Waals surface area contributed by atoms with Crippen molar-refractivity contribution in [2.24, 2.45) is 0 Å². The summed E-state index contributed by atoms with van der Waals surface area (Å²) < 4.78 is 26.5. The van der Waals surface area contributed by atoms with Crippen molar-refractivity contribution < 1.29 is 28.3 Å². The van der Waals surface area contributed by atoms with Gasteiger partial charge in [-0.15, -0.1) is 0 Å². The lowest BCUT2D eigenvalue weighted by molar-refractivity contribution is -0.141. The van der Waals surface area contributed by atoms with Crippen LogP contribution in [0.3, 0.4) is 0 Å². The molecule has 0 saturated heterocycles. The number of carbonyl (C=O) groups is 1. The van der Waals surface area contributed by atoms with Gasteiger partial charge in [0.1, 0.15) is 12.4 Å². The van der Waals surface area contributed by atoms with E-state index in [0.717, 1.165) is 11.3 Å². The maximum Gasteiger partial charge on any atom is 0.338 e. The average Bonchev–Trinajstić information content (AvgIpc) is 3.25. The Hall–Kier alpha value is -3.81. The van der Waals surface area contributed by atoms with Gasteiger partial charge in [-0.3, -0.25) is 0 Å². The molecule has 3 aromatic rings. The second-order valence-electron chi connectivity index (χ2n) is 6.15. The van der Waals surface area contributed by atoms with E-state index in [2.05, 4.69) is 10.1 Å². The number of hydrogen-bond donors (Lipinski definition) is 0. The maximum atomic E-state index is 12.3. The van der Waals surface area contributed by atoms with Gasteiger partial charge in [0, 0.05) is 11.1 Å². The van der Waals surface area contributed by atoms with Gasteiger partial charge in [-0.2, -0.15) is 4.98 Å². The van der Waals surface area contributed by atoms with Crippen LogP contribution in [0.15, 0.2) is 52.6 Å². The number of aromatic nitrogens is 2. The molecule has 1 aliphatic heterocycles. The summed E-state index contributed by atoms with van der Waals surface area (Å²) in [7, 11) is 3.11. The van der Waals surface area contributed by atoms with E-state index in [1.54, 1.807) is 38.5 Å². The minimum atomic E-state index is -0.495. The van der Waals surface area contributed by atoms with Gasteiger partial charge in [-0.05, 0) is 30.3 Å². The van der Waals surface area contributed by atoms with Crippen LogP contribution in [0.1, 0.15) is 11.5 Å². The molecule has 29 heavy (non-hydrogen) atoms. The molecule has 148 valence electrons. The van der Waals surface area contributed by atoms with Crippen molar-refractivity contribution in [2.45, 2.75) is 6.61 Å². The molecule has 2 aromatic carbocycles. The molecule has 8 nitrogen and oxygen atoms in total. The van der Waals surface area contributed by atoms with Gasteiger partial charge in [0.25, 0.3) is 5.89 Å². The number of para-hydroxylation sites is 1. The summed E-state index contributed by atoms with van der Waals surface area (Å²) in [6, 6.07) is 12.7. The van der Waals surface area contributed by atoms with Gasteiger partial charge in [0.15, 0.2) is 18.1 Å². The molecule has 0 unspecified atom stereocenters. The zero-order valence-corrected chi connectivity index (χ0v) is 15.9. The lowest BCUT2D eigenvalue weighted by Crippen LogP contribution is -2.17. The Labute approximate surface area is 166 Å². The predicted molar refractivity (Wildman–Crippen MR) is 103 cm³/mol. The molecule has 4 rings (SSSR count). The van der Waals surface area contributed by atoms with Gasteiger partial charge in [0.05, 0.1) is 19.8 Å². The van der Waals surface area contributed by atoms with E-state index < -0.39 is 5.97 Å². The minimum Gasteiger partial charge on any atom is -0.493 e. The molecule has 0 bridgehead atoms. The number of esters is 1. The van der Waals surface area contributed by atoms with Gasteiger partial charge in [-0.1, -0.05) is 23.4 Å². The third kappa shape index (κ3) is 3.91. The molecule has 0 amide bonds. The standard InChI is InChI=1S/C21H18N2O6/c1-25-17-8-7-14(10-18(17)26-2)20-22-19(29-23-20)12-28-21(24)15-9-13-5-3-4-6-16(13)27-11-15/h3-10H,11-12H2,1-2H3. The van der Waals surface area contributed by atoms with Crippen LogP contribution in [0.4, 0.5) is 0 Å². The third-order valence-corrected chi connectivity index (χ3v) is 4.33. The molecule has 0 saturated carbocycles. The van der Waals surface area contributed by atoms with Crippen LogP contribution in [-0.2, 0) is 16.1 Å². The number of rotatable bonds is 6. The van der Waals surface area contributed by atoms with E-state index in [-0.39, 0.29) is 19.1 Å². The summed E-state index contributed by atoms with van der Waals surface area (Å²) in [6.07, 6.45) is 1.75. The maximum absolute atomic E-state index is 12.3. The van der Waals surface area contributed by atoms with Crippen LogP contribution in [0, 0.1) is 0 Å². The van der Waals surface area contributed by atoms with E-state index in [9.17, 15) is 4.79 Å². The highest BCUT2D eigenvalue weighted by atomic mass is 16.6. The second kappa shape index (κ2) is 8.05. The highest BCUT2D eigenvalue weighted by Gasteiger charge is 2.19. The molecule has 0 aliphatic carbocycles. The van der Waals surface area contributed by atoms with Gasteiger partial charge >= 0.3 is 5.97 Å². The quantitative estimate of drug-likeness (QED) is 0.588. The highest BCUT2D eigenvalue weighted by Crippen LogP contribution is 2.31. The van der Waals surface area contributed by atoms with E-state index >= 15 is 0 Å². The zero-order valence-electron chi connectivity index (χ0n) is 15.9. The molecule has 0 atom stereocenters. The molecule has 0 N–H and O–H groups in total. The SMILES string of the molecule is COc1ccc(-c2noc(COC(=O)C3=Cc4ccccc4OC3)n2)cc1OC. The van der Waals surface area contributed by atoms with Gasteiger partial charge < -0.3 is 23.5 Å². The largest absolute Gasteiger partial charge is 0.493 e. The molecule has 0 radical (unpaired) electrons. The fourth-order valence-corrected chi connectivity index (χ4v) is 2.86. The first-order valence-corrected chi connectivity index (χ1v) is 8.82. The van der Waals surface area contributed by atoms with Crippen molar-refractivity contribution in [1.82, 2.24) is 10.1 Å². The van der Waals surface area contributed by atoms with Gasteiger partial charge in [0.2, 0.25) is 5.82 Å². The molecule has 1 aliphatic rings. The Balaban J connectivity index is 1.42. The van der Waals surface area contributed by atoms with E-state index in [1.165, 1.54) is 0 Å². The predicted octanol–water partition coefficient (Wildman–Crippen LogP) is 3.27. The van der Waals surface area contributed by atoms with E-state index in [1.807, 2.05) is 24.3 Å². The topological polar surface area (TPSA) is 92.9 Å². The molecule has 0 spiro atoms. The molecular weight excluding hydrogens is 376 g/mol. The Bertz CT molecular complexity index is 1070. The van der Waals surface area contributed by atoms with E-state index in [0.29, 0.717) is 28.5 Å². The molecule has 8 heteroatoms. The number of ether oxygens (including phenoxy) is 4. The number of fused-ring (bicyclic) bond motifs is 1. The Morgan fingerprint density at radius 2 is 1.93 bits per heavy atom. The molecule has 1 aromatic heterocycles. The van der Waals surface area contributed by atoms with Crippen LogP contribution < -0.4 is 14.2 Å². The van der Waals surface area contributed by atoms with Gasteiger partial charge in [-0.25, -0.2) is 4.79 Å². The van der Waals surface area contributed by atoms with Crippen LogP contribution in [-0.4, -0.2) is 36.9 Å². The van der Waals surface area contributed by atoms with Crippen molar-refractivity contribution in [2.75, 3.05) is 20.8 Å². The number of nitrogens with zero attached hydrogens (tertiary/aromatic N) is 2. The first kappa shape index (κ1) is 18.5. The fourth-order valence-electron chi connectivity index (χ4n) is 2.86. The lowest BCUT2D eigenvalue weighted by atomic mass is 10.1. The molecule has 0 fully saturated rings. The normalized spacial score (nSPS) is 12.4. The Kier molecular flexibility index (Phi) is 5.15. The zero-order chi connectivity index (χ0) is 20.2. The summed E-state index contributed by atoms with van der Waals surface area (Å²) in [4.78, 5) is 16.6. The van der Waals surface area contributed by atoms with Crippen molar-refractivity contribution in [3.63, 3.8) is 0 Å². The Morgan fingerprint density at radius 3 is 2.76 bits per heavy atom. The molecular formula is C21H18N2O6. The average molecular weight is 394 g/mol. The van der Waals surface area contributed by atoms with E-state index in [4.69, 9.17) is 23.5 Å². The summed E-state index contributed by atoms with van der Waals surface area (Å²) in [6.45, 7) is 0.00861. The lowest BCUT2D eigenvalue weighted by Gasteiger charge is -2.16. The first-order valence-electron chi connectivity index (χ1n) is 8.82. The van der Waals surface area contributed by atoms with Crippen molar-refractivity contribution in [3.8, 4) is 28.6 Å². The van der Waals surface area contributed by atoms with Crippen LogP contribution in [0.5, 0.6) is 17.2 Å². The van der Waals surface area contributed by atoms with Crippen LogP contribution in [0.2, 0.25) is 0 Å². The number of benzene rings is 2. The monoisotopic (exact) mass is 394 g/mol.